The van der Waals surface area contributed by atoms with Crippen LogP contribution in [0.25, 0.3) is 11.3 Å². The van der Waals surface area contributed by atoms with Crippen molar-refractivity contribution in [2.75, 3.05) is 19.6 Å². The van der Waals surface area contributed by atoms with Gasteiger partial charge in [0.15, 0.2) is 0 Å². The van der Waals surface area contributed by atoms with Gasteiger partial charge in [-0.1, -0.05) is 84.9 Å². The molecular weight excluding hydrogens is 432 g/mol. The monoisotopic (exact) mass is 462 g/mol. The third-order valence-corrected chi connectivity index (χ3v) is 7.37. The number of hydrogen-bond acceptors (Lipinski definition) is 3. The number of carbonyl (C=O) groups is 1. The predicted molar refractivity (Wildman–Crippen MR) is 138 cm³/mol. The summed E-state index contributed by atoms with van der Waals surface area (Å²) in [4.78, 5) is 16.1. The number of hydrogen-bond donors (Lipinski definition) is 1. The van der Waals surface area contributed by atoms with Crippen molar-refractivity contribution in [1.29, 1.82) is 0 Å². The molecule has 6 rings (SSSR count). The fraction of sp³-hybridized carbons (Fsp3) is 0.267. The van der Waals surface area contributed by atoms with E-state index in [0.29, 0.717) is 12.1 Å². The Hall–Kier alpha value is -3.70. The normalized spacial score (nSPS) is 17.9. The molecule has 5 heteroatoms. The maximum atomic E-state index is 14.1. The summed E-state index contributed by atoms with van der Waals surface area (Å²) in [5.41, 5.74) is 6.69. The molecule has 1 saturated heterocycles. The second-order valence-corrected chi connectivity index (χ2v) is 9.59. The van der Waals surface area contributed by atoms with Crippen molar-refractivity contribution >= 4 is 5.91 Å². The van der Waals surface area contributed by atoms with Gasteiger partial charge in [-0.05, 0) is 36.0 Å². The Morgan fingerprint density at radius 2 is 1.54 bits per heavy atom. The minimum Gasteiger partial charge on any atom is -0.333 e. The van der Waals surface area contributed by atoms with Gasteiger partial charge in [0.25, 0.3) is 5.91 Å². The zero-order valence-corrected chi connectivity index (χ0v) is 19.8. The first kappa shape index (κ1) is 21.8. The van der Waals surface area contributed by atoms with E-state index < -0.39 is 0 Å². The molecule has 1 atom stereocenters. The molecule has 1 N–H and O–H groups in total. The van der Waals surface area contributed by atoms with Crippen LogP contribution in [0.4, 0.5) is 0 Å². The molecule has 0 spiro atoms. The van der Waals surface area contributed by atoms with Gasteiger partial charge in [-0.2, -0.15) is 5.10 Å². The van der Waals surface area contributed by atoms with Gasteiger partial charge in [-0.3, -0.25) is 9.48 Å². The molecular formula is C30H30N4O. The number of carbonyl (C=O) groups excluding carboxylic acids is 1. The number of rotatable bonds is 5. The number of nitrogens with zero attached hydrogens (tertiary/aromatic N) is 3. The summed E-state index contributed by atoms with van der Waals surface area (Å²) in [7, 11) is 0. The Morgan fingerprint density at radius 3 is 2.26 bits per heavy atom. The molecule has 0 saturated carbocycles. The van der Waals surface area contributed by atoms with Gasteiger partial charge in [-0.15, -0.1) is 0 Å². The molecule has 1 aliphatic carbocycles. The van der Waals surface area contributed by atoms with Crippen LogP contribution < -0.4 is 5.32 Å². The van der Waals surface area contributed by atoms with E-state index in [0.717, 1.165) is 43.6 Å². The van der Waals surface area contributed by atoms with Gasteiger partial charge in [0, 0.05) is 31.2 Å². The van der Waals surface area contributed by atoms with Crippen LogP contribution in [-0.4, -0.2) is 46.3 Å². The van der Waals surface area contributed by atoms with Crippen LogP contribution in [0.5, 0.6) is 0 Å². The fourth-order valence-corrected chi connectivity index (χ4v) is 5.64. The summed E-state index contributed by atoms with van der Waals surface area (Å²) in [6, 6.07) is 29.7. The van der Waals surface area contributed by atoms with E-state index in [1.165, 1.54) is 16.7 Å². The topological polar surface area (TPSA) is 50.2 Å². The summed E-state index contributed by atoms with van der Waals surface area (Å²) in [5, 5.41) is 8.32. The second-order valence-electron chi connectivity index (χ2n) is 9.59. The van der Waals surface area contributed by atoms with E-state index in [9.17, 15) is 4.79 Å². The van der Waals surface area contributed by atoms with Gasteiger partial charge in [0.05, 0.1) is 23.5 Å². The first-order valence-electron chi connectivity index (χ1n) is 12.5. The molecule has 3 aromatic carbocycles. The molecule has 0 radical (unpaired) electrons. The minimum absolute atomic E-state index is 0.0769. The zero-order chi connectivity index (χ0) is 23.6. The third kappa shape index (κ3) is 4.28. The number of amides is 1. The van der Waals surface area contributed by atoms with E-state index in [4.69, 9.17) is 5.10 Å². The lowest BCUT2D eigenvalue weighted by Gasteiger charge is -2.36. The molecule has 1 aromatic heterocycles. The molecule has 0 bridgehead atoms. The Kier molecular flexibility index (Phi) is 5.93. The fourth-order valence-electron chi connectivity index (χ4n) is 5.64. The Labute approximate surface area is 206 Å². The van der Waals surface area contributed by atoms with E-state index in [1.807, 2.05) is 24.3 Å². The second kappa shape index (κ2) is 9.51. The standard InChI is InChI=1S/C30H30N4O/c35-30(33-16-15-31-20-27(33)17-22-9-3-1-4-10-22)28-21-32-34(29(28)23-11-5-2-6-12-23)26-18-24-13-7-8-14-25(24)19-26/h1-14,21,26-27,31H,15-20H2. The maximum Gasteiger partial charge on any atom is 0.258 e. The van der Waals surface area contributed by atoms with Crippen LogP contribution in [0.15, 0.2) is 91.1 Å². The number of nitrogens with one attached hydrogen (secondary N) is 1. The molecule has 1 aliphatic heterocycles. The van der Waals surface area contributed by atoms with Gasteiger partial charge in [0.2, 0.25) is 0 Å². The highest BCUT2D eigenvalue weighted by atomic mass is 16.2. The minimum atomic E-state index is 0.0769. The molecule has 5 nitrogen and oxygen atoms in total. The van der Waals surface area contributed by atoms with E-state index in [2.05, 4.69) is 75.6 Å². The molecule has 1 unspecified atom stereocenters. The molecule has 176 valence electrons. The largest absolute Gasteiger partial charge is 0.333 e. The zero-order valence-electron chi connectivity index (χ0n) is 19.8. The highest BCUT2D eigenvalue weighted by Crippen LogP contribution is 2.35. The van der Waals surface area contributed by atoms with Crippen molar-refractivity contribution in [1.82, 2.24) is 20.0 Å². The SMILES string of the molecule is O=C(c1cnn(C2Cc3ccccc3C2)c1-c1ccccc1)N1CCNCC1Cc1ccccc1. The Morgan fingerprint density at radius 1 is 0.886 bits per heavy atom. The first-order valence-corrected chi connectivity index (χ1v) is 12.5. The molecule has 2 heterocycles. The molecule has 1 fully saturated rings. The van der Waals surface area contributed by atoms with Crippen molar-refractivity contribution in [3.8, 4) is 11.3 Å². The van der Waals surface area contributed by atoms with Crippen LogP contribution in [0.2, 0.25) is 0 Å². The van der Waals surface area contributed by atoms with E-state index in [1.54, 1.807) is 6.20 Å². The van der Waals surface area contributed by atoms with E-state index in [-0.39, 0.29) is 18.0 Å². The first-order chi connectivity index (χ1) is 17.3. The van der Waals surface area contributed by atoms with Crippen molar-refractivity contribution in [2.24, 2.45) is 0 Å². The molecule has 2 aliphatic rings. The number of aromatic nitrogens is 2. The van der Waals surface area contributed by atoms with Gasteiger partial charge >= 0.3 is 0 Å². The number of piperazine rings is 1. The predicted octanol–water partition coefficient (Wildman–Crippen LogP) is 4.55. The number of benzene rings is 3. The molecule has 35 heavy (non-hydrogen) atoms. The quantitative estimate of drug-likeness (QED) is 0.474. The average molecular weight is 463 g/mol. The molecule has 4 aromatic rings. The van der Waals surface area contributed by atoms with Crippen LogP contribution in [0, 0.1) is 0 Å². The van der Waals surface area contributed by atoms with Crippen molar-refractivity contribution in [3.05, 3.63) is 113 Å². The maximum absolute atomic E-state index is 14.1. The van der Waals surface area contributed by atoms with Gasteiger partial charge < -0.3 is 10.2 Å². The Bertz CT molecular complexity index is 1290. The summed E-state index contributed by atoms with van der Waals surface area (Å²) in [6.07, 6.45) is 4.52. The van der Waals surface area contributed by atoms with Crippen LogP contribution in [0.1, 0.15) is 33.1 Å². The molecule has 1 amide bonds. The number of fused-ring (bicyclic) bond motifs is 1. The third-order valence-electron chi connectivity index (χ3n) is 7.37. The Balaban J connectivity index is 1.35. The highest BCUT2D eigenvalue weighted by molar-refractivity contribution is 6.00. The lowest BCUT2D eigenvalue weighted by molar-refractivity contribution is 0.0636. The summed E-state index contributed by atoms with van der Waals surface area (Å²) in [5.74, 6) is 0.0769. The van der Waals surface area contributed by atoms with Gasteiger partial charge in [-0.25, -0.2) is 0 Å². The summed E-state index contributed by atoms with van der Waals surface area (Å²) < 4.78 is 2.11. The average Bonchev–Trinajstić information content (AvgIpc) is 3.54. The lowest BCUT2D eigenvalue weighted by atomic mass is 10.0. The summed E-state index contributed by atoms with van der Waals surface area (Å²) in [6.45, 7) is 2.31. The van der Waals surface area contributed by atoms with Gasteiger partial charge in [0.1, 0.15) is 0 Å². The van der Waals surface area contributed by atoms with Crippen LogP contribution >= 0.6 is 0 Å². The van der Waals surface area contributed by atoms with Crippen molar-refractivity contribution in [2.45, 2.75) is 31.3 Å². The van der Waals surface area contributed by atoms with E-state index >= 15 is 0 Å². The van der Waals surface area contributed by atoms with Crippen LogP contribution in [-0.2, 0) is 19.3 Å². The highest BCUT2D eigenvalue weighted by Gasteiger charge is 2.33. The van der Waals surface area contributed by atoms with Crippen molar-refractivity contribution in [3.63, 3.8) is 0 Å². The lowest BCUT2D eigenvalue weighted by Crippen LogP contribution is -2.54. The van der Waals surface area contributed by atoms with Crippen molar-refractivity contribution < 1.29 is 4.79 Å². The summed E-state index contributed by atoms with van der Waals surface area (Å²) >= 11 is 0. The van der Waals surface area contributed by atoms with Crippen LogP contribution in [0.3, 0.4) is 0 Å². The smallest absolute Gasteiger partial charge is 0.258 e.